The van der Waals surface area contributed by atoms with Gasteiger partial charge in [0.1, 0.15) is 21.5 Å². The van der Waals surface area contributed by atoms with Crippen molar-refractivity contribution in [2.24, 2.45) is 0 Å². The van der Waals surface area contributed by atoms with Crippen LogP contribution in [0.2, 0.25) is 0 Å². The van der Waals surface area contributed by atoms with E-state index in [0.29, 0.717) is 31.8 Å². The number of hydrogen-bond acceptors (Lipinski definition) is 3. The Morgan fingerprint density at radius 2 is 1.16 bits per heavy atom. The van der Waals surface area contributed by atoms with Gasteiger partial charge in [-0.05, 0) is 68.2 Å². The molecule has 0 aromatic heterocycles. The number of hydrogen-bond donors (Lipinski definition) is 1. The van der Waals surface area contributed by atoms with Gasteiger partial charge in [0.25, 0.3) is 0 Å². The van der Waals surface area contributed by atoms with Crippen LogP contribution in [0.15, 0.2) is 0 Å². The molecule has 0 amide bonds. The van der Waals surface area contributed by atoms with Gasteiger partial charge in [0.2, 0.25) is 0 Å². The number of rotatable bonds is 3. The first-order valence-corrected chi connectivity index (χ1v) is 18.3. The normalized spacial score (nSPS) is 15.7. The highest BCUT2D eigenvalue weighted by molar-refractivity contribution is 8.20. The molecule has 0 aromatic carbocycles. The predicted molar refractivity (Wildman–Crippen MR) is 165 cm³/mol. The van der Waals surface area contributed by atoms with E-state index in [4.69, 9.17) is 48.3 Å². The van der Waals surface area contributed by atoms with Crippen LogP contribution in [0.1, 0.15) is 68.2 Å². The lowest BCUT2D eigenvalue weighted by Crippen LogP contribution is -2.21. The summed E-state index contributed by atoms with van der Waals surface area (Å²) in [6.45, 7) is 28.9. The first-order chi connectivity index (χ1) is 13.7. The molecule has 1 atom stereocenters. The van der Waals surface area contributed by atoms with Crippen molar-refractivity contribution in [3.05, 3.63) is 0 Å². The van der Waals surface area contributed by atoms with E-state index in [1.165, 1.54) is 12.8 Å². The van der Waals surface area contributed by atoms with Crippen molar-refractivity contribution >= 4 is 69.1 Å². The van der Waals surface area contributed by atoms with Crippen LogP contribution in [0.4, 0.5) is 0 Å². The molecule has 1 N–H and O–H groups in total. The molecule has 1 aliphatic heterocycles. The minimum absolute atomic E-state index is 0.350. The largest absolute Gasteiger partial charge is 0.382 e. The molecule has 0 radical (unpaired) electrons. The molecule has 1 unspecified atom stereocenters. The van der Waals surface area contributed by atoms with Crippen LogP contribution >= 0.6 is 54.0 Å². The van der Waals surface area contributed by atoms with Gasteiger partial charge >= 0.3 is 0 Å². The second kappa shape index (κ2) is 21.5. The van der Waals surface area contributed by atoms with Crippen LogP contribution in [-0.4, -0.2) is 83.3 Å². The molecule has 1 fully saturated rings. The zero-order chi connectivity index (χ0) is 25.9. The van der Waals surface area contributed by atoms with Crippen molar-refractivity contribution in [1.29, 1.82) is 0 Å². The highest BCUT2D eigenvalue weighted by Gasteiger charge is 2.32. The fraction of sp³-hybridized carbons (Fsp3) is 1.00. The molecular weight excluding hydrogens is 509 g/mol. The van der Waals surface area contributed by atoms with Crippen LogP contribution in [0.3, 0.4) is 0 Å². The maximum atomic E-state index is 9.04. The summed E-state index contributed by atoms with van der Waals surface area (Å²) in [5.74, 6) is -1.20. The molecule has 1 heterocycles. The van der Waals surface area contributed by atoms with Gasteiger partial charge in [0.15, 0.2) is 5.98 Å². The summed E-state index contributed by atoms with van der Waals surface area (Å²) in [4.78, 5) is 0. The molecule has 1 saturated heterocycles. The van der Waals surface area contributed by atoms with E-state index < -0.39 is 13.1 Å². The molecule has 3 nitrogen and oxygen atoms in total. The zero-order valence-corrected chi connectivity index (χ0v) is 25.6. The topological polar surface area (TPSA) is 38.7 Å². The first kappa shape index (κ1) is 40.3. The number of halogens is 3. The third-order valence-corrected chi connectivity index (χ3v) is 9.33. The number of aliphatic hydroxyl groups excluding tert-OH is 1. The van der Waals surface area contributed by atoms with E-state index in [-0.39, 0.29) is 7.14 Å². The lowest BCUT2D eigenvalue weighted by molar-refractivity contribution is 0.162. The molecule has 31 heavy (non-hydrogen) atoms. The Kier molecular flexibility index (Phi) is 27.9. The first-order valence-electron chi connectivity index (χ1n) is 10.00. The lowest BCUT2D eigenvalue weighted by atomic mass is 10.3. The molecule has 194 valence electrons. The third-order valence-electron chi connectivity index (χ3n) is 3.93. The second-order valence-electron chi connectivity index (χ2n) is 8.37. The predicted octanol–water partition coefficient (Wildman–Crippen LogP) is 6.77. The fourth-order valence-corrected chi connectivity index (χ4v) is 1.35. The summed E-state index contributed by atoms with van der Waals surface area (Å²) < 4.78 is 9.78. The van der Waals surface area contributed by atoms with E-state index in [1.807, 2.05) is 13.8 Å². The van der Waals surface area contributed by atoms with Gasteiger partial charge in [-0.25, -0.2) is 0 Å². The Morgan fingerprint density at radius 1 is 0.871 bits per heavy atom. The maximum Gasteiger partial charge on any atom is 0.179 e. The minimum atomic E-state index is -1.20. The van der Waals surface area contributed by atoms with Crippen LogP contribution in [0.5, 0.6) is 0 Å². The molecule has 0 spiro atoms. The van der Waals surface area contributed by atoms with E-state index >= 15 is 0 Å². The monoisotopic (exact) mass is 562 g/mol. The third kappa shape index (κ3) is 32.2. The smallest absolute Gasteiger partial charge is 0.179 e. The standard InChI is InChI=1S/C6H18BOP.C6H18BP.C4H8O.C4H10O.Cl3P/c1-6(2,3)9(4,7)5-8;1-6(2,3)8(4,5)7;1-2-4-5-3-1;1-3-5-4-2;1-4(2)3/h8H,5H2,1-4,7H3;1-5,7H3;1-4H2;3-4H2,1-2H3;. The number of aliphatic hydroxyl groups is 1. The zero-order valence-electron chi connectivity index (χ0n) is 20.7. The average molecular weight is 564 g/mol. The van der Waals surface area contributed by atoms with Crippen LogP contribution in [-0.2, 0) is 9.47 Å². The Bertz CT molecular complexity index is 360. The second-order valence-corrected chi connectivity index (χ2v) is 19.5. The van der Waals surface area contributed by atoms with E-state index in [1.54, 1.807) is 0 Å². The number of ether oxygens (including phenoxy) is 2. The van der Waals surface area contributed by atoms with Gasteiger partial charge in [-0.3, -0.25) is 0 Å². The molecule has 0 aliphatic carbocycles. The molecule has 0 saturated carbocycles. The highest BCUT2D eigenvalue weighted by Crippen LogP contribution is 2.60. The summed E-state index contributed by atoms with van der Waals surface area (Å²) >= 11 is 14.6. The van der Waals surface area contributed by atoms with Crippen LogP contribution < -0.4 is 0 Å². The van der Waals surface area contributed by atoms with Gasteiger partial charge in [0, 0.05) is 56.7 Å². The lowest BCUT2D eigenvalue weighted by Gasteiger charge is -2.36. The van der Waals surface area contributed by atoms with Crippen molar-refractivity contribution in [3.8, 4) is 0 Å². The van der Waals surface area contributed by atoms with Crippen LogP contribution in [0, 0.1) is 0 Å². The Morgan fingerprint density at radius 3 is 1.19 bits per heavy atom. The van der Waals surface area contributed by atoms with Gasteiger partial charge in [-0.2, -0.15) is 7.14 Å². The summed E-state index contributed by atoms with van der Waals surface area (Å²) in [5.41, 5.74) is 0. The van der Waals surface area contributed by atoms with E-state index in [2.05, 4.69) is 61.5 Å². The van der Waals surface area contributed by atoms with Gasteiger partial charge < -0.3 is 14.6 Å². The van der Waals surface area contributed by atoms with Crippen molar-refractivity contribution in [2.45, 2.75) is 78.5 Å². The van der Waals surface area contributed by atoms with Gasteiger partial charge in [-0.15, -0.1) is 7.14 Å². The van der Waals surface area contributed by atoms with Crippen molar-refractivity contribution in [1.82, 2.24) is 0 Å². The maximum absolute atomic E-state index is 9.04. The summed E-state index contributed by atoms with van der Waals surface area (Å²) in [7, 11) is -0.186. The van der Waals surface area contributed by atoms with E-state index in [9.17, 15) is 0 Å². The quantitative estimate of drug-likeness (QED) is 0.304. The molecule has 11 heteroatoms. The molecule has 1 rings (SSSR count). The summed E-state index contributed by atoms with van der Waals surface area (Å²) in [6, 6.07) is 0. The summed E-state index contributed by atoms with van der Waals surface area (Å²) in [6.07, 6.45) is 3.04. The molecule has 0 bridgehead atoms. The Hall–Kier alpha value is 2.17. The van der Waals surface area contributed by atoms with E-state index in [0.717, 1.165) is 26.4 Å². The Labute approximate surface area is 214 Å². The molecule has 1 aliphatic rings. The fourth-order valence-electron chi connectivity index (χ4n) is 0.927. The Balaban J connectivity index is -0.000000152. The summed E-state index contributed by atoms with van der Waals surface area (Å²) in [5, 5.41) is 10.1. The molecular formula is C20H54B2Cl3O3P3. The van der Waals surface area contributed by atoms with Crippen molar-refractivity contribution in [3.63, 3.8) is 0 Å². The van der Waals surface area contributed by atoms with Gasteiger partial charge in [0.05, 0.1) is 0 Å². The highest BCUT2D eigenvalue weighted by atomic mass is 36.0. The average Bonchev–Trinajstić information content (AvgIpc) is 3.13. The van der Waals surface area contributed by atoms with Gasteiger partial charge in [-0.1, -0.05) is 33.7 Å². The van der Waals surface area contributed by atoms with Crippen molar-refractivity contribution < 1.29 is 14.6 Å². The van der Waals surface area contributed by atoms with Crippen molar-refractivity contribution in [2.75, 3.05) is 52.8 Å². The SMILES string of the molecule is C1CCOC1.CCOCC.ClP(Cl)Cl.[BH3-][P+](C)(C)C(C)(C)C.[BH3-][P+](C)(CO)C(C)(C)C. The minimum Gasteiger partial charge on any atom is -0.382 e. The molecule has 0 aromatic rings. The van der Waals surface area contributed by atoms with Crippen LogP contribution in [0.25, 0.3) is 0 Å².